The summed E-state index contributed by atoms with van der Waals surface area (Å²) in [6.07, 6.45) is 7.39. The monoisotopic (exact) mass is 863 g/mol. The van der Waals surface area contributed by atoms with Crippen molar-refractivity contribution in [3.05, 3.63) is 106 Å². The number of aryl methyl sites for hydroxylation is 2. The van der Waals surface area contributed by atoms with E-state index in [-0.39, 0.29) is 58.5 Å². The van der Waals surface area contributed by atoms with Gasteiger partial charge < -0.3 is 24.3 Å². The number of ketones is 1. The lowest BCUT2D eigenvalue weighted by molar-refractivity contribution is 0.00766. The van der Waals surface area contributed by atoms with Gasteiger partial charge in [0.1, 0.15) is 0 Å². The smallest absolute Gasteiger partial charge is 0.338 e. The van der Waals surface area contributed by atoms with E-state index in [1.807, 2.05) is 59.6 Å². The maximum atomic E-state index is 13.1. The molecule has 338 valence electrons. The van der Waals surface area contributed by atoms with Gasteiger partial charge in [0.25, 0.3) is 5.91 Å². The van der Waals surface area contributed by atoms with Gasteiger partial charge in [-0.1, -0.05) is 77.9 Å². The van der Waals surface area contributed by atoms with Crippen molar-refractivity contribution in [1.29, 1.82) is 0 Å². The predicted octanol–water partition coefficient (Wildman–Crippen LogP) is 7.67. The van der Waals surface area contributed by atoms with Crippen LogP contribution < -0.4 is 5.32 Å². The Kier molecular flexibility index (Phi) is 14.1. The molecule has 0 bridgehead atoms. The molecule has 5 heterocycles. The zero-order valence-corrected chi connectivity index (χ0v) is 38.1. The van der Waals surface area contributed by atoms with Gasteiger partial charge >= 0.3 is 11.9 Å². The number of nitrogens with zero attached hydrogens (tertiary/aromatic N) is 4. The van der Waals surface area contributed by atoms with E-state index in [1.165, 1.54) is 0 Å². The Labute approximate surface area is 371 Å². The summed E-state index contributed by atoms with van der Waals surface area (Å²) < 4.78 is 26.4. The highest BCUT2D eigenvalue weighted by molar-refractivity contribution is 6.00. The Morgan fingerprint density at radius 3 is 1.56 bits per heavy atom. The second-order valence-corrected chi connectivity index (χ2v) is 19.6. The lowest BCUT2D eigenvalue weighted by atomic mass is 9.68. The van der Waals surface area contributed by atoms with Crippen LogP contribution in [0.3, 0.4) is 0 Å². The minimum atomic E-state index is -0.346. The Morgan fingerprint density at radius 2 is 1.08 bits per heavy atom. The molecule has 2 aromatic carbocycles. The van der Waals surface area contributed by atoms with Gasteiger partial charge in [0.05, 0.1) is 58.2 Å². The average Bonchev–Trinajstić information content (AvgIpc) is 3.76. The lowest BCUT2D eigenvalue weighted by Crippen LogP contribution is -2.41. The van der Waals surface area contributed by atoms with Crippen molar-refractivity contribution in [1.82, 2.24) is 24.9 Å². The van der Waals surface area contributed by atoms with Gasteiger partial charge in [-0.3, -0.25) is 19.0 Å². The van der Waals surface area contributed by atoms with E-state index < -0.39 is 0 Å². The summed E-state index contributed by atoms with van der Waals surface area (Å²) in [5, 5.41) is 12.8. The highest BCUT2D eigenvalue weighted by Gasteiger charge is 2.44. The average molecular weight is 864 g/mol. The SMILES string of the molecule is CCc1nn(CC(C)(C)COC(=O)c2ccccc2)c2c1C(=O)CC1(CCOCC1)C2.CCc1nn(CC(C)(C)COC(=O)c2ccccc2)c2c1C(=O)NCC1(CCOCC1)C2. The van der Waals surface area contributed by atoms with Gasteiger partial charge in [-0.2, -0.15) is 10.2 Å². The summed E-state index contributed by atoms with van der Waals surface area (Å²) in [5.74, 6) is -0.450. The van der Waals surface area contributed by atoms with E-state index in [4.69, 9.17) is 29.1 Å². The molecule has 0 unspecified atom stereocenters. The first-order chi connectivity index (χ1) is 30.1. The Bertz CT molecular complexity index is 2250. The topological polar surface area (TPSA) is 153 Å². The summed E-state index contributed by atoms with van der Waals surface area (Å²) in [4.78, 5) is 50.9. The van der Waals surface area contributed by atoms with Gasteiger partial charge in [-0.15, -0.1) is 0 Å². The molecule has 13 nitrogen and oxygen atoms in total. The molecule has 1 N–H and O–H groups in total. The minimum Gasteiger partial charge on any atom is -0.461 e. The summed E-state index contributed by atoms with van der Waals surface area (Å²) in [6, 6.07) is 18.1. The largest absolute Gasteiger partial charge is 0.461 e. The van der Waals surface area contributed by atoms with E-state index in [2.05, 4.69) is 33.0 Å². The van der Waals surface area contributed by atoms with Crippen LogP contribution in [0.15, 0.2) is 60.7 Å². The van der Waals surface area contributed by atoms with Gasteiger partial charge in [0.15, 0.2) is 5.78 Å². The summed E-state index contributed by atoms with van der Waals surface area (Å²) >= 11 is 0. The van der Waals surface area contributed by atoms with E-state index in [9.17, 15) is 19.2 Å². The van der Waals surface area contributed by atoms with E-state index in [0.717, 1.165) is 105 Å². The maximum Gasteiger partial charge on any atom is 0.338 e. The summed E-state index contributed by atoms with van der Waals surface area (Å²) in [7, 11) is 0. The Morgan fingerprint density at radius 1 is 0.651 bits per heavy atom. The first-order valence-electron chi connectivity index (χ1n) is 22.7. The lowest BCUT2D eigenvalue weighted by Gasteiger charge is -2.40. The highest BCUT2D eigenvalue weighted by Crippen LogP contribution is 2.44. The number of benzene rings is 2. The highest BCUT2D eigenvalue weighted by atomic mass is 16.5. The van der Waals surface area contributed by atoms with E-state index in [1.54, 1.807) is 24.3 Å². The fourth-order valence-corrected chi connectivity index (χ4v) is 9.48. The van der Waals surface area contributed by atoms with Crippen LogP contribution in [-0.4, -0.2) is 89.4 Å². The Balaban J connectivity index is 0.000000189. The number of Topliss-reactive ketones (excluding diaryl/α,β-unsaturated/α-hetero) is 1. The molecule has 63 heavy (non-hydrogen) atoms. The fourth-order valence-electron chi connectivity index (χ4n) is 9.48. The standard InChI is InChI=1S/C25H33N3O4.C25H32N2O4/c1-4-19-21-20(14-25(15-26-22(21)29)10-12-31-13-11-25)28(27-19)16-24(2,3)17-32-23(30)18-8-6-5-7-9-18;1-4-19-22-20(14-25(15-21(22)28)10-12-30-13-11-25)27(26-19)16-24(2,3)17-31-23(29)18-8-6-5-7-9-18/h5-9H,4,10-17H2,1-3H3,(H,26,29);5-9H,4,10-17H2,1-3H3. The number of amides is 1. The number of ether oxygens (including phenoxy) is 4. The molecule has 2 aromatic heterocycles. The molecule has 3 aliphatic heterocycles. The van der Waals surface area contributed by atoms with Crippen molar-refractivity contribution in [2.24, 2.45) is 21.7 Å². The number of carbonyl (C=O) groups excluding carboxylic acids is 4. The molecule has 8 rings (SSSR count). The molecule has 1 aliphatic carbocycles. The van der Waals surface area contributed by atoms with Crippen molar-refractivity contribution >= 4 is 23.6 Å². The van der Waals surface area contributed by atoms with Gasteiger partial charge in [-0.25, -0.2) is 9.59 Å². The molecule has 2 fully saturated rings. The quantitative estimate of drug-likeness (QED) is 0.141. The van der Waals surface area contributed by atoms with E-state index in [0.29, 0.717) is 43.6 Å². The van der Waals surface area contributed by atoms with Crippen molar-refractivity contribution in [2.75, 3.05) is 46.2 Å². The molecule has 1 amide bonds. The number of aromatic nitrogens is 4. The molecular weight excluding hydrogens is 799 g/mol. The Hall–Kier alpha value is -5.14. The van der Waals surface area contributed by atoms with Crippen molar-refractivity contribution < 1.29 is 38.1 Å². The van der Waals surface area contributed by atoms with E-state index >= 15 is 0 Å². The number of nitrogens with one attached hydrogen (secondary N) is 1. The number of esters is 2. The predicted molar refractivity (Wildman–Crippen MR) is 238 cm³/mol. The number of rotatable bonds is 12. The van der Waals surface area contributed by atoms with Crippen LogP contribution in [-0.2, 0) is 57.7 Å². The van der Waals surface area contributed by atoms with Crippen molar-refractivity contribution in [3.63, 3.8) is 0 Å². The van der Waals surface area contributed by atoms with Crippen molar-refractivity contribution in [2.45, 2.75) is 112 Å². The molecular formula is C50H65N5O8. The zero-order valence-electron chi connectivity index (χ0n) is 38.1. The molecule has 0 radical (unpaired) electrons. The minimum absolute atomic E-state index is 0.00491. The number of carbonyl (C=O) groups is 4. The molecule has 2 spiro atoms. The van der Waals surface area contributed by atoms with Gasteiger partial charge in [0.2, 0.25) is 0 Å². The third-order valence-corrected chi connectivity index (χ3v) is 13.1. The maximum absolute atomic E-state index is 13.1. The van der Waals surface area contributed by atoms with Crippen LogP contribution in [0.2, 0.25) is 0 Å². The van der Waals surface area contributed by atoms with Crippen LogP contribution in [0.1, 0.15) is 138 Å². The zero-order chi connectivity index (χ0) is 44.8. The fraction of sp³-hybridized carbons (Fsp3) is 0.560. The first-order valence-corrected chi connectivity index (χ1v) is 22.7. The molecule has 0 atom stereocenters. The molecule has 13 heteroatoms. The summed E-state index contributed by atoms with van der Waals surface area (Å²) in [6.45, 7) is 17.6. The summed E-state index contributed by atoms with van der Waals surface area (Å²) in [5.41, 5.74) is 5.76. The normalized spacial score (nSPS) is 18.1. The second-order valence-electron chi connectivity index (χ2n) is 19.6. The van der Waals surface area contributed by atoms with Crippen LogP contribution in [0.4, 0.5) is 0 Å². The van der Waals surface area contributed by atoms with Gasteiger partial charge in [-0.05, 0) is 86.5 Å². The van der Waals surface area contributed by atoms with Crippen molar-refractivity contribution in [3.8, 4) is 0 Å². The molecule has 0 saturated carbocycles. The second kappa shape index (κ2) is 19.3. The molecule has 2 saturated heterocycles. The first kappa shape index (κ1) is 45.9. The van der Waals surface area contributed by atoms with Crippen LogP contribution in [0.25, 0.3) is 0 Å². The van der Waals surface area contributed by atoms with Gasteiger partial charge in [0, 0.05) is 63.3 Å². The van der Waals surface area contributed by atoms with Crippen LogP contribution in [0.5, 0.6) is 0 Å². The number of fused-ring (bicyclic) bond motifs is 2. The third-order valence-electron chi connectivity index (χ3n) is 13.1. The third kappa shape index (κ3) is 10.8. The molecule has 4 aromatic rings. The number of hydrogen-bond donors (Lipinski definition) is 1. The van der Waals surface area contributed by atoms with Crippen LogP contribution >= 0.6 is 0 Å². The number of hydrogen-bond acceptors (Lipinski definition) is 10. The van der Waals surface area contributed by atoms with Crippen LogP contribution in [0, 0.1) is 21.7 Å². The molecule has 4 aliphatic rings.